The molecule has 29 heavy (non-hydrogen) atoms. The quantitative estimate of drug-likeness (QED) is 0.630. The predicted octanol–water partition coefficient (Wildman–Crippen LogP) is 3.17. The number of aromatic hydroxyl groups is 1. The number of amides is 1. The van der Waals surface area contributed by atoms with Gasteiger partial charge in [-0.15, -0.1) is 0 Å². The molecule has 1 aliphatic rings. The average Bonchev–Trinajstić information content (AvgIpc) is 2.71. The number of carbonyl (C=O) groups is 1. The van der Waals surface area contributed by atoms with Crippen molar-refractivity contribution in [2.45, 2.75) is 44.0 Å². The van der Waals surface area contributed by atoms with Crippen LogP contribution in [0.3, 0.4) is 0 Å². The molecule has 0 aromatic heterocycles. The predicted molar refractivity (Wildman–Crippen MR) is 111 cm³/mol. The van der Waals surface area contributed by atoms with Crippen LogP contribution >= 0.6 is 0 Å². The second kappa shape index (κ2) is 9.19. The number of hydrogen-bond donors (Lipinski definition) is 3. The molecule has 3 N–H and O–H groups in total. The minimum atomic E-state index is -3.85. The van der Waals surface area contributed by atoms with Crippen LogP contribution in [0.15, 0.2) is 58.5 Å². The van der Waals surface area contributed by atoms with Crippen LogP contribution in [-0.4, -0.2) is 25.1 Å². The number of nitrogens with one attached hydrogen (secondary N) is 2. The summed E-state index contributed by atoms with van der Waals surface area (Å²) < 4.78 is 27.7. The van der Waals surface area contributed by atoms with E-state index in [1.165, 1.54) is 12.1 Å². The molecule has 0 heterocycles. The van der Waals surface area contributed by atoms with Crippen LogP contribution in [0.5, 0.6) is 5.75 Å². The van der Waals surface area contributed by atoms with Gasteiger partial charge in [-0.3, -0.25) is 4.79 Å². The van der Waals surface area contributed by atoms with E-state index >= 15 is 0 Å². The largest absolute Gasteiger partial charge is 0.507 e. The van der Waals surface area contributed by atoms with Gasteiger partial charge in [0.05, 0.1) is 10.5 Å². The lowest BCUT2D eigenvalue weighted by Crippen LogP contribution is -2.25. The molecule has 154 valence electrons. The van der Waals surface area contributed by atoms with Gasteiger partial charge in [-0.25, -0.2) is 18.6 Å². The summed E-state index contributed by atoms with van der Waals surface area (Å²) in [6.07, 6.45) is 3.82. The zero-order chi connectivity index (χ0) is 20.9. The van der Waals surface area contributed by atoms with Gasteiger partial charge in [0.25, 0.3) is 5.91 Å². The van der Waals surface area contributed by atoms with Crippen LogP contribution in [0.1, 0.15) is 48.5 Å². The van der Waals surface area contributed by atoms with Crippen LogP contribution in [0.4, 0.5) is 0 Å². The van der Waals surface area contributed by atoms with Gasteiger partial charge in [-0.2, -0.15) is 5.10 Å². The minimum absolute atomic E-state index is 0.102. The molecule has 0 bridgehead atoms. The Kier molecular flexibility index (Phi) is 6.66. The Labute approximate surface area is 170 Å². The molecule has 1 fully saturated rings. The van der Waals surface area contributed by atoms with Crippen molar-refractivity contribution in [1.29, 1.82) is 0 Å². The number of hydrogen-bond acceptors (Lipinski definition) is 5. The molecule has 1 aliphatic carbocycles. The zero-order valence-electron chi connectivity index (χ0n) is 16.3. The fourth-order valence-corrected chi connectivity index (χ4v) is 4.32. The summed E-state index contributed by atoms with van der Waals surface area (Å²) in [6, 6.07) is 12.7. The molecule has 3 rings (SSSR count). The maximum Gasteiger partial charge on any atom is 0.275 e. The monoisotopic (exact) mass is 415 g/mol. The van der Waals surface area contributed by atoms with Gasteiger partial charge in [0.2, 0.25) is 10.0 Å². The van der Waals surface area contributed by atoms with Crippen LogP contribution in [0.25, 0.3) is 0 Å². The number of hydrazone groups is 1. The second-order valence-corrected chi connectivity index (χ2v) is 9.08. The molecule has 2 aromatic carbocycles. The number of rotatable bonds is 6. The number of sulfonamides is 1. The summed E-state index contributed by atoms with van der Waals surface area (Å²) in [4.78, 5) is 12.4. The topological polar surface area (TPSA) is 108 Å². The highest BCUT2D eigenvalue weighted by atomic mass is 32.2. The van der Waals surface area contributed by atoms with Crippen molar-refractivity contribution in [2.75, 3.05) is 0 Å². The third-order valence-electron chi connectivity index (χ3n) is 4.89. The molecule has 8 heteroatoms. The molecule has 7 nitrogen and oxygen atoms in total. The standard InChI is InChI=1S/C21H25N3O4S/c1-15-6-5-9-17(12-15)23-24-21(26)19-13-18(10-11-20(19)25)29(27,28)22-14-16-7-3-2-4-8-16/h2-4,7-8,10-11,13,15,22,25H,5-6,9,12,14H2,1H3,(H,24,26)/b23-17-/t15-/m0/s1. The summed E-state index contributed by atoms with van der Waals surface area (Å²) >= 11 is 0. The molecular weight excluding hydrogens is 390 g/mol. The molecule has 0 aliphatic heterocycles. The first-order chi connectivity index (χ1) is 13.8. The number of nitrogens with zero attached hydrogens (tertiary/aromatic N) is 1. The lowest BCUT2D eigenvalue weighted by Gasteiger charge is -2.19. The van der Waals surface area contributed by atoms with Crippen LogP contribution in [-0.2, 0) is 16.6 Å². The van der Waals surface area contributed by atoms with Crippen molar-refractivity contribution in [3.8, 4) is 5.75 Å². The SMILES string of the molecule is C[C@H]1CCC/C(=N/NC(=O)c2cc(S(=O)(=O)NCc3ccccc3)ccc2O)C1. The molecule has 0 unspecified atom stereocenters. The van der Waals surface area contributed by atoms with Crippen molar-refractivity contribution < 1.29 is 18.3 Å². The average molecular weight is 416 g/mol. The van der Waals surface area contributed by atoms with E-state index in [1.54, 1.807) is 0 Å². The van der Waals surface area contributed by atoms with Crippen molar-refractivity contribution in [3.05, 3.63) is 59.7 Å². The first kappa shape index (κ1) is 21.0. The first-order valence-corrected chi connectivity index (χ1v) is 11.1. The van der Waals surface area contributed by atoms with E-state index in [4.69, 9.17) is 0 Å². The molecule has 0 saturated heterocycles. The third-order valence-corrected chi connectivity index (χ3v) is 6.29. The van der Waals surface area contributed by atoms with Gasteiger partial charge in [-0.1, -0.05) is 37.3 Å². The Bertz CT molecular complexity index is 1000. The Morgan fingerprint density at radius 3 is 2.69 bits per heavy atom. The van der Waals surface area contributed by atoms with Gasteiger partial charge in [0.1, 0.15) is 5.75 Å². The molecule has 2 aromatic rings. The molecular formula is C21H25N3O4S. The second-order valence-electron chi connectivity index (χ2n) is 7.31. The number of phenolic OH excluding ortho intramolecular Hbond substituents is 1. The first-order valence-electron chi connectivity index (χ1n) is 9.57. The normalized spacial score (nSPS) is 18.5. The van der Waals surface area contributed by atoms with Crippen LogP contribution in [0.2, 0.25) is 0 Å². The van der Waals surface area contributed by atoms with Gasteiger partial charge >= 0.3 is 0 Å². The van der Waals surface area contributed by atoms with Gasteiger partial charge < -0.3 is 5.11 Å². The van der Waals surface area contributed by atoms with E-state index in [-0.39, 0.29) is 22.8 Å². The maximum absolute atomic E-state index is 12.6. The van der Waals surface area contributed by atoms with E-state index in [0.29, 0.717) is 5.92 Å². The van der Waals surface area contributed by atoms with Crippen molar-refractivity contribution in [2.24, 2.45) is 11.0 Å². The maximum atomic E-state index is 12.6. The van der Waals surface area contributed by atoms with E-state index in [1.807, 2.05) is 30.3 Å². The molecule has 0 radical (unpaired) electrons. The number of benzene rings is 2. The molecule has 1 saturated carbocycles. The van der Waals surface area contributed by atoms with Crippen molar-refractivity contribution in [3.63, 3.8) is 0 Å². The number of carbonyl (C=O) groups excluding carboxylic acids is 1. The fraction of sp³-hybridized carbons (Fsp3) is 0.333. The molecule has 0 spiro atoms. The lowest BCUT2D eigenvalue weighted by atomic mass is 9.89. The summed E-state index contributed by atoms with van der Waals surface area (Å²) in [5.74, 6) is -0.424. The third kappa shape index (κ3) is 5.65. The summed E-state index contributed by atoms with van der Waals surface area (Å²) in [5.41, 5.74) is 4.02. The van der Waals surface area contributed by atoms with Crippen LogP contribution < -0.4 is 10.1 Å². The Hall–Kier alpha value is -2.71. The highest BCUT2D eigenvalue weighted by Gasteiger charge is 2.20. The highest BCUT2D eigenvalue weighted by Crippen LogP contribution is 2.23. The van der Waals surface area contributed by atoms with Gasteiger partial charge in [0.15, 0.2) is 0 Å². The van der Waals surface area contributed by atoms with E-state index in [9.17, 15) is 18.3 Å². The van der Waals surface area contributed by atoms with Gasteiger partial charge in [-0.05, 0) is 55.4 Å². The van der Waals surface area contributed by atoms with Crippen LogP contribution in [0, 0.1) is 5.92 Å². The summed E-state index contributed by atoms with van der Waals surface area (Å²) in [6.45, 7) is 2.26. The highest BCUT2D eigenvalue weighted by molar-refractivity contribution is 7.89. The molecule has 1 amide bonds. The number of phenols is 1. The lowest BCUT2D eigenvalue weighted by molar-refractivity contribution is 0.0951. The Morgan fingerprint density at radius 2 is 1.97 bits per heavy atom. The van der Waals surface area contributed by atoms with E-state index in [0.717, 1.165) is 43.0 Å². The van der Waals surface area contributed by atoms with E-state index < -0.39 is 15.9 Å². The Balaban J connectivity index is 1.73. The van der Waals surface area contributed by atoms with Crippen molar-refractivity contribution in [1.82, 2.24) is 10.1 Å². The summed E-state index contributed by atoms with van der Waals surface area (Å²) in [7, 11) is -3.85. The zero-order valence-corrected chi connectivity index (χ0v) is 17.1. The van der Waals surface area contributed by atoms with Crippen molar-refractivity contribution >= 4 is 21.6 Å². The summed E-state index contributed by atoms with van der Waals surface area (Å²) in [5, 5.41) is 14.2. The van der Waals surface area contributed by atoms with E-state index in [2.05, 4.69) is 22.2 Å². The minimum Gasteiger partial charge on any atom is -0.507 e. The smallest absolute Gasteiger partial charge is 0.275 e. The molecule has 1 atom stereocenters. The fourth-order valence-electron chi connectivity index (χ4n) is 3.27. The Morgan fingerprint density at radius 1 is 1.21 bits per heavy atom. The van der Waals surface area contributed by atoms with Gasteiger partial charge in [0, 0.05) is 12.3 Å².